The lowest BCUT2D eigenvalue weighted by atomic mass is 10.2. The third kappa shape index (κ3) is 5.94. The Hall–Kier alpha value is -1.26. The van der Waals surface area contributed by atoms with Gasteiger partial charge in [0.25, 0.3) is 0 Å². The number of benzene rings is 1. The van der Waals surface area contributed by atoms with Crippen molar-refractivity contribution in [3.8, 4) is 0 Å². The molecule has 21 heavy (non-hydrogen) atoms. The molecule has 5 heteroatoms. The minimum atomic E-state index is 0.471. The first kappa shape index (κ1) is 17.8. The van der Waals surface area contributed by atoms with Crippen LogP contribution in [-0.4, -0.2) is 43.6 Å². The number of likely N-dealkylation sites (N-methyl/N-ethyl adjacent to an activating group) is 1. The molecule has 118 valence electrons. The highest BCUT2D eigenvalue weighted by Gasteiger charge is 2.10. The minimum Gasteiger partial charge on any atom is -0.355 e. The minimum absolute atomic E-state index is 0.471. The summed E-state index contributed by atoms with van der Waals surface area (Å²) in [5.41, 5.74) is 1.07. The average molecular weight is 311 g/mol. The van der Waals surface area contributed by atoms with Crippen molar-refractivity contribution in [2.45, 2.75) is 33.4 Å². The van der Waals surface area contributed by atoms with Gasteiger partial charge in [-0.2, -0.15) is 0 Å². The lowest BCUT2D eigenvalue weighted by Crippen LogP contribution is -2.45. The van der Waals surface area contributed by atoms with Gasteiger partial charge >= 0.3 is 0 Å². The van der Waals surface area contributed by atoms with Crippen LogP contribution >= 0.6 is 11.6 Å². The number of hydrogen-bond acceptors (Lipinski definition) is 2. The maximum absolute atomic E-state index is 6.15. The number of nitrogens with one attached hydrogen (secondary N) is 2. The number of nitrogens with zero attached hydrogens (tertiary/aromatic N) is 2. The van der Waals surface area contributed by atoms with Crippen molar-refractivity contribution in [2.75, 3.05) is 26.7 Å². The monoisotopic (exact) mass is 310 g/mol. The molecule has 0 bridgehead atoms. The Morgan fingerprint density at radius 3 is 2.48 bits per heavy atom. The topological polar surface area (TPSA) is 39.7 Å². The predicted molar refractivity (Wildman–Crippen MR) is 92.0 cm³/mol. The summed E-state index contributed by atoms with van der Waals surface area (Å²) in [5, 5.41) is 7.43. The van der Waals surface area contributed by atoms with Crippen LogP contribution in [0, 0.1) is 0 Å². The normalized spacial score (nSPS) is 13.3. The second-order valence-corrected chi connectivity index (χ2v) is 5.38. The van der Waals surface area contributed by atoms with E-state index in [4.69, 9.17) is 11.6 Å². The van der Waals surface area contributed by atoms with Crippen LogP contribution in [0.1, 0.15) is 26.3 Å². The number of halogens is 1. The molecule has 1 unspecified atom stereocenters. The van der Waals surface area contributed by atoms with Crippen molar-refractivity contribution in [1.29, 1.82) is 0 Å². The first-order chi connectivity index (χ1) is 10.1. The van der Waals surface area contributed by atoms with Gasteiger partial charge in [0.05, 0.1) is 0 Å². The summed E-state index contributed by atoms with van der Waals surface area (Å²) >= 11 is 6.15. The summed E-state index contributed by atoms with van der Waals surface area (Å²) in [6.07, 6.45) is 0. The molecule has 1 rings (SSSR count). The van der Waals surface area contributed by atoms with Crippen molar-refractivity contribution >= 4 is 17.6 Å². The molecule has 0 aliphatic rings. The molecule has 4 nitrogen and oxygen atoms in total. The Morgan fingerprint density at radius 2 is 1.90 bits per heavy atom. The molecule has 1 aromatic rings. The number of hydrogen-bond donors (Lipinski definition) is 2. The highest BCUT2D eigenvalue weighted by atomic mass is 35.5. The summed E-state index contributed by atoms with van der Waals surface area (Å²) < 4.78 is 0. The zero-order chi connectivity index (χ0) is 15.7. The Kier molecular flexibility index (Phi) is 8.16. The maximum atomic E-state index is 6.15. The largest absolute Gasteiger partial charge is 0.355 e. The lowest BCUT2D eigenvalue weighted by molar-refractivity contribution is 0.231. The van der Waals surface area contributed by atoms with Crippen LogP contribution in [0.2, 0.25) is 5.02 Å². The molecule has 0 fully saturated rings. The molecule has 0 aliphatic heterocycles. The molecule has 0 spiro atoms. The Labute approximate surface area is 133 Å². The summed E-state index contributed by atoms with van der Waals surface area (Å²) in [5.74, 6) is 0.800. The molecule has 0 heterocycles. The van der Waals surface area contributed by atoms with Crippen LogP contribution in [0.3, 0.4) is 0 Å². The van der Waals surface area contributed by atoms with Gasteiger partial charge in [0.1, 0.15) is 0 Å². The van der Waals surface area contributed by atoms with Crippen molar-refractivity contribution in [3.63, 3.8) is 0 Å². The third-order valence-electron chi connectivity index (χ3n) is 3.63. The molecule has 1 aromatic carbocycles. The molecule has 0 radical (unpaired) electrons. The molecule has 1 atom stereocenters. The molecule has 2 N–H and O–H groups in total. The third-order valence-corrected chi connectivity index (χ3v) is 4.00. The van der Waals surface area contributed by atoms with E-state index in [-0.39, 0.29) is 0 Å². The molecular formula is C16H27ClN4. The fraction of sp³-hybridized carbons (Fsp3) is 0.562. The first-order valence-corrected chi connectivity index (χ1v) is 7.92. The van der Waals surface area contributed by atoms with E-state index < -0.39 is 0 Å². The quantitative estimate of drug-likeness (QED) is 0.601. The summed E-state index contributed by atoms with van der Waals surface area (Å²) in [7, 11) is 1.78. The fourth-order valence-corrected chi connectivity index (χ4v) is 2.46. The second-order valence-electron chi connectivity index (χ2n) is 4.97. The van der Waals surface area contributed by atoms with Gasteiger partial charge in [0.15, 0.2) is 5.96 Å². The van der Waals surface area contributed by atoms with Crippen LogP contribution < -0.4 is 10.6 Å². The Balaban J connectivity index is 2.44. The fourth-order valence-electron chi connectivity index (χ4n) is 2.26. The lowest BCUT2D eigenvalue weighted by Gasteiger charge is -2.27. The molecule has 0 saturated heterocycles. The first-order valence-electron chi connectivity index (χ1n) is 7.54. The van der Waals surface area contributed by atoms with Crippen molar-refractivity contribution in [2.24, 2.45) is 4.99 Å². The van der Waals surface area contributed by atoms with Gasteiger partial charge < -0.3 is 10.6 Å². The van der Waals surface area contributed by atoms with Crippen LogP contribution in [0.25, 0.3) is 0 Å². The average Bonchev–Trinajstić information content (AvgIpc) is 2.50. The Morgan fingerprint density at radius 1 is 1.24 bits per heavy atom. The van der Waals surface area contributed by atoms with Gasteiger partial charge in [-0.05, 0) is 31.6 Å². The zero-order valence-corrected chi connectivity index (χ0v) is 14.2. The smallest absolute Gasteiger partial charge is 0.191 e. The molecule has 0 aromatic heterocycles. The highest BCUT2D eigenvalue weighted by molar-refractivity contribution is 6.31. The van der Waals surface area contributed by atoms with Gasteiger partial charge in [-0.3, -0.25) is 9.89 Å². The van der Waals surface area contributed by atoms with Crippen molar-refractivity contribution in [3.05, 3.63) is 34.9 Å². The van der Waals surface area contributed by atoms with E-state index in [1.807, 2.05) is 24.3 Å². The predicted octanol–water partition coefficient (Wildman–Crippen LogP) is 2.74. The SMILES string of the molecule is CCN(CC)C(C)CNC(=NC)NCc1ccccc1Cl. The molecule has 0 aliphatic carbocycles. The van der Waals surface area contributed by atoms with Gasteiger partial charge in [-0.1, -0.05) is 43.6 Å². The van der Waals surface area contributed by atoms with Gasteiger partial charge in [0, 0.05) is 31.2 Å². The standard InChI is InChI=1S/C16H27ClN4/c1-5-21(6-2)13(3)11-19-16(18-4)20-12-14-9-7-8-10-15(14)17/h7-10,13H,5-6,11-12H2,1-4H3,(H2,18,19,20). The van der Waals surface area contributed by atoms with E-state index in [1.54, 1.807) is 7.05 Å². The maximum Gasteiger partial charge on any atom is 0.191 e. The van der Waals surface area contributed by atoms with E-state index in [9.17, 15) is 0 Å². The van der Waals surface area contributed by atoms with Gasteiger partial charge in [-0.15, -0.1) is 0 Å². The summed E-state index contributed by atoms with van der Waals surface area (Å²) in [6, 6.07) is 8.31. The molecular weight excluding hydrogens is 284 g/mol. The number of rotatable bonds is 7. The van der Waals surface area contributed by atoms with Crippen molar-refractivity contribution < 1.29 is 0 Å². The van der Waals surface area contributed by atoms with Crippen LogP contribution in [-0.2, 0) is 6.54 Å². The summed E-state index contributed by atoms with van der Waals surface area (Å²) in [4.78, 5) is 6.66. The van der Waals surface area contributed by atoms with Crippen LogP contribution in [0.15, 0.2) is 29.3 Å². The second kappa shape index (κ2) is 9.64. The van der Waals surface area contributed by atoms with E-state index in [1.165, 1.54) is 0 Å². The molecule has 0 saturated carbocycles. The van der Waals surface area contributed by atoms with E-state index in [2.05, 4.69) is 41.3 Å². The van der Waals surface area contributed by atoms with Crippen LogP contribution in [0.4, 0.5) is 0 Å². The number of guanidine groups is 1. The highest BCUT2D eigenvalue weighted by Crippen LogP contribution is 2.14. The van der Waals surface area contributed by atoms with E-state index in [0.717, 1.165) is 36.2 Å². The Bertz CT molecular complexity index is 444. The zero-order valence-electron chi connectivity index (χ0n) is 13.5. The molecule has 0 amide bonds. The van der Waals surface area contributed by atoms with E-state index >= 15 is 0 Å². The summed E-state index contributed by atoms with van der Waals surface area (Å²) in [6.45, 7) is 10.2. The van der Waals surface area contributed by atoms with E-state index in [0.29, 0.717) is 12.6 Å². The van der Waals surface area contributed by atoms with Crippen molar-refractivity contribution in [1.82, 2.24) is 15.5 Å². The van der Waals surface area contributed by atoms with Gasteiger partial charge in [-0.25, -0.2) is 0 Å². The van der Waals surface area contributed by atoms with Gasteiger partial charge in [0.2, 0.25) is 0 Å². The van der Waals surface area contributed by atoms with Crippen LogP contribution in [0.5, 0.6) is 0 Å². The number of aliphatic imine (C=N–C) groups is 1.